The molecule has 0 saturated heterocycles. The molecule has 2 nitrogen and oxygen atoms in total. The summed E-state index contributed by atoms with van der Waals surface area (Å²) in [4.78, 5) is 0. The predicted octanol–water partition coefficient (Wildman–Crippen LogP) is 6.49. The van der Waals surface area contributed by atoms with Crippen LogP contribution in [0.3, 0.4) is 0 Å². The lowest BCUT2D eigenvalue weighted by atomic mass is 9.88. The van der Waals surface area contributed by atoms with Crippen molar-refractivity contribution in [3.05, 3.63) is 97.1 Å². The predicted molar refractivity (Wildman–Crippen MR) is 121 cm³/mol. The molecule has 0 heterocycles. The van der Waals surface area contributed by atoms with Crippen LogP contribution < -0.4 is 11.5 Å². The maximum Gasteiger partial charge on any atom is 0.0500 e. The van der Waals surface area contributed by atoms with Crippen molar-refractivity contribution in [3.8, 4) is 22.3 Å². The zero-order chi connectivity index (χ0) is 19.1. The second-order valence-corrected chi connectivity index (χ2v) is 7.05. The first kappa shape index (κ1) is 16.4. The molecule has 4 N–H and O–H groups in total. The molecule has 0 aromatic heterocycles. The summed E-state index contributed by atoms with van der Waals surface area (Å²) < 4.78 is 0. The lowest BCUT2D eigenvalue weighted by molar-refractivity contribution is 1.61. The van der Waals surface area contributed by atoms with Gasteiger partial charge in [-0.05, 0) is 39.4 Å². The zero-order valence-corrected chi connectivity index (χ0v) is 15.4. The molecule has 0 spiro atoms. The number of anilines is 2. The molecule has 0 fully saturated rings. The molecule has 0 saturated carbocycles. The number of hydrogen-bond donors (Lipinski definition) is 2. The molecule has 0 unspecified atom stereocenters. The van der Waals surface area contributed by atoms with Gasteiger partial charge in [0.1, 0.15) is 0 Å². The fourth-order valence-electron chi connectivity index (χ4n) is 4.05. The monoisotopic (exact) mass is 360 g/mol. The van der Waals surface area contributed by atoms with Crippen molar-refractivity contribution in [2.45, 2.75) is 0 Å². The lowest BCUT2D eigenvalue weighted by Gasteiger charge is -2.19. The Labute approximate surface area is 164 Å². The fraction of sp³-hybridized carbons (Fsp3) is 0. The molecule has 28 heavy (non-hydrogen) atoms. The Bertz CT molecular complexity index is 1310. The van der Waals surface area contributed by atoms with Gasteiger partial charge in [-0.15, -0.1) is 0 Å². The van der Waals surface area contributed by atoms with Gasteiger partial charge in [0.2, 0.25) is 0 Å². The molecule has 0 aliphatic carbocycles. The Morgan fingerprint density at radius 1 is 0.429 bits per heavy atom. The van der Waals surface area contributed by atoms with Crippen molar-refractivity contribution in [2.24, 2.45) is 0 Å². The fourth-order valence-corrected chi connectivity index (χ4v) is 4.05. The third-order valence-corrected chi connectivity index (χ3v) is 5.38. The van der Waals surface area contributed by atoms with Crippen LogP contribution in [0.4, 0.5) is 11.4 Å². The van der Waals surface area contributed by atoms with Gasteiger partial charge in [0.25, 0.3) is 0 Å². The zero-order valence-electron chi connectivity index (χ0n) is 15.4. The van der Waals surface area contributed by atoms with E-state index in [1.807, 2.05) is 36.4 Å². The summed E-state index contributed by atoms with van der Waals surface area (Å²) in [7, 11) is 0. The summed E-state index contributed by atoms with van der Waals surface area (Å²) in [5.41, 5.74) is 19.0. The summed E-state index contributed by atoms with van der Waals surface area (Å²) in [6.45, 7) is 0. The Morgan fingerprint density at radius 2 is 0.893 bits per heavy atom. The average Bonchev–Trinajstić information content (AvgIpc) is 2.74. The Hall–Kier alpha value is -3.78. The van der Waals surface area contributed by atoms with Crippen molar-refractivity contribution >= 4 is 32.9 Å². The number of rotatable bonds is 2. The summed E-state index contributed by atoms with van der Waals surface area (Å²) in [6, 6.07) is 33.2. The van der Waals surface area contributed by atoms with E-state index in [0.717, 1.165) is 44.4 Å². The quantitative estimate of drug-likeness (QED) is 0.279. The summed E-state index contributed by atoms with van der Waals surface area (Å²) >= 11 is 0. The third-order valence-electron chi connectivity index (χ3n) is 5.38. The van der Waals surface area contributed by atoms with E-state index >= 15 is 0 Å². The number of benzene rings is 5. The molecule has 5 aromatic rings. The Balaban J connectivity index is 1.98. The minimum Gasteiger partial charge on any atom is -0.398 e. The summed E-state index contributed by atoms with van der Waals surface area (Å²) in [5.74, 6) is 0. The van der Waals surface area contributed by atoms with Gasteiger partial charge in [0, 0.05) is 22.2 Å². The minimum atomic E-state index is 0.720. The van der Waals surface area contributed by atoms with Crippen molar-refractivity contribution in [1.82, 2.24) is 0 Å². The van der Waals surface area contributed by atoms with Crippen LogP contribution in [0.2, 0.25) is 0 Å². The molecule has 0 amide bonds. The van der Waals surface area contributed by atoms with E-state index in [1.54, 1.807) is 0 Å². The minimum absolute atomic E-state index is 0.720. The van der Waals surface area contributed by atoms with Gasteiger partial charge in [-0.1, -0.05) is 84.9 Å². The molecule has 5 rings (SSSR count). The van der Waals surface area contributed by atoms with Crippen molar-refractivity contribution in [2.75, 3.05) is 11.5 Å². The van der Waals surface area contributed by atoms with E-state index in [0.29, 0.717) is 0 Å². The van der Waals surface area contributed by atoms with Crippen LogP contribution in [0, 0.1) is 0 Å². The normalized spacial score (nSPS) is 11.1. The van der Waals surface area contributed by atoms with Crippen LogP contribution in [0.1, 0.15) is 0 Å². The molecule has 0 aliphatic heterocycles. The topological polar surface area (TPSA) is 52.0 Å². The van der Waals surface area contributed by atoms with E-state index in [9.17, 15) is 0 Å². The molecule has 134 valence electrons. The highest BCUT2D eigenvalue weighted by atomic mass is 14.6. The SMILES string of the molecule is Nc1c(-c2ccccc2)c(N)c2cc3ccccc3cc2c1-c1ccccc1. The highest BCUT2D eigenvalue weighted by molar-refractivity contribution is 6.18. The van der Waals surface area contributed by atoms with E-state index in [2.05, 4.69) is 60.7 Å². The van der Waals surface area contributed by atoms with E-state index < -0.39 is 0 Å². The molecular weight excluding hydrogens is 340 g/mol. The molecule has 5 aromatic carbocycles. The van der Waals surface area contributed by atoms with E-state index in [1.165, 1.54) is 10.8 Å². The molecule has 0 bridgehead atoms. The van der Waals surface area contributed by atoms with Crippen molar-refractivity contribution in [3.63, 3.8) is 0 Å². The van der Waals surface area contributed by atoms with Gasteiger partial charge < -0.3 is 11.5 Å². The van der Waals surface area contributed by atoms with Gasteiger partial charge in [-0.25, -0.2) is 0 Å². The molecule has 0 aliphatic rings. The van der Waals surface area contributed by atoms with Crippen LogP contribution in [0.25, 0.3) is 43.8 Å². The summed E-state index contributed by atoms with van der Waals surface area (Å²) in [6.07, 6.45) is 0. The number of fused-ring (bicyclic) bond motifs is 2. The van der Waals surface area contributed by atoms with Gasteiger partial charge in [0.05, 0.1) is 5.69 Å². The number of nitrogen functional groups attached to an aromatic ring is 2. The van der Waals surface area contributed by atoms with Gasteiger partial charge in [0.15, 0.2) is 0 Å². The van der Waals surface area contributed by atoms with Crippen LogP contribution in [0.5, 0.6) is 0 Å². The third kappa shape index (κ3) is 2.50. The Kier molecular flexibility index (Phi) is 3.77. The van der Waals surface area contributed by atoms with Crippen LogP contribution in [-0.2, 0) is 0 Å². The van der Waals surface area contributed by atoms with Gasteiger partial charge >= 0.3 is 0 Å². The average molecular weight is 360 g/mol. The van der Waals surface area contributed by atoms with E-state index in [4.69, 9.17) is 11.5 Å². The molecule has 0 radical (unpaired) electrons. The summed E-state index contributed by atoms with van der Waals surface area (Å²) in [5, 5.41) is 4.47. The first-order chi connectivity index (χ1) is 13.7. The smallest absolute Gasteiger partial charge is 0.0500 e. The second-order valence-electron chi connectivity index (χ2n) is 7.05. The maximum absolute atomic E-state index is 6.78. The van der Waals surface area contributed by atoms with Crippen LogP contribution >= 0.6 is 0 Å². The van der Waals surface area contributed by atoms with Gasteiger partial charge in [-0.3, -0.25) is 0 Å². The standard InChI is InChI=1S/C26H20N2/c27-25-22-16-20-14-8-7-13-19(20)15-21(22)23(17-9-3-1-4-10-17)26(28)24(25)18-11-5-2-6-12-18/h1-16H,27-28H2. The molecule has 0 atom stereocenters. The largest absolute Gasteiger partial charge is 0.398 e. The van der Waals surface area contributed by atoms with E-state index in [-0.39, 0.29) is 0 Å². The highest BCUT2D eigenvalue weighted by Gasteiger charge is 2.19. The van der Waals surface area contributed by atoms with Crippen molar-refractivity contribution < 1.29 is 0 Å². The Morgan fingerprint density at radius 3 is 1.46 bits per heavy atom. The number of hydrogen-bond acceptors (Lipinski definition) is 2. The first-order valence-electron chi connectivity index (χ1n) is 9.38. The molecular formula is C26H20N2. The van der Waals surface area contributed by atoms with Crippen LogP contribution in [0.15, 0.2) is 97.1 Å². The highest BCUT2D eigenvalue weighted by Crippen LogP contribution is 2.46. The number of nitrogens with two attached hydrogens (primary N) is 2. The van der Waals surface area contributed by atoms with Crippen LogP contribution in [-0.4, -0.2) is 0 Å². The van der Waals surface area contributed by atoms with Gasteiger partial charge in [-0.2, -0.15) is 0 Å². The molecule has 2 heteroatoms. The first-order valence-corrected chi connectivity index (χ1v) is 9.38. The second kappa shape index (κ2) is 6.43. The lowest BCUT2D eigenvalue weighted by Crippen LogP contribution is -2.01. The van der Waals surface area contributed by atoms with Crippen molar-refractivity contribution in [1.29, 1.82) is 0 Å². The maximum atomic E-state index is 6.78.